The van der Waals surface area contributed by atoms with E-state index in [0.717, 1.165) is 18.8 Å². The third kappa shape index (κ3) is 5.02. The van der Waals surface area contributed by atoms with Gasteiger partial charge in [-0.2, -0.15) is 0 Å². The second-order valence-corrected chi connectivity index (χ2v) is 11.1. The average molecular weight is 279 g/mol. The van der Waals surface area contributed by atoms with Gasteiger partial charge in [-0.25, -0.2) is 0 Å². The summed E-state index contributed by atoms with van der Waals surface area (Å²) in [6.45, 7) is 10.2. The Bertz CT molecular complexity index is 333. The Morgan fingerprint density at radius 1 is 0.895 bits per heavy atom. The summed E-state index contributed by atoms with van der Waals surface area (Å²) in [5.41, 5.74) is 1.38. The van der Waals surface area contributed by atoms with Gasteiger partial charge >= 0.3 is 0 Å². The molecule has 0 aliphatic carbocycles. The Balaban J connectivity index is 2.33. The van der Waals surface area contributed by atoms with E-state index in [1.807, 2.05) is 0 Å². The molecule has 1 rings (SSSR count). The van der Waals surface area contributed by atoms with Gasteiger partial charge in [0.15, 0.2) is 0 Å². The first-order valence-corrected chi connectivity index (χ1v) is 10.7. The van der Waals surface area contributed by atoms with Crippen molar-refractivity contribution in [1.82, 2.24) is 0 Å². The molecule has 0 fully saturated rings. The highest BCUT2D eigenvalue weighted by molar-refractivity contribution is 6.79. The second-order valence-electron chi connectivity index (χ2n) is 5.51. The minimum Gasteiger partial charge on any atom is -0.494 e. The van der Waals surface area contributed by atoms with Crippen LogP contribution in [0.4, 0.5) is 0 Å². The molecule has 0 amide bonds. The molecular formula is C17H30OSi. The fourth-order valence-electron chi connectivity index (χ4n) is 2.74. The molecule has 0 spiro atoms. The first-order chi connectivity index (χ1) is 9.19. The summed E-state index contributed by atoms with van der Waals surface area (Å²) in [6.07, 6.45) is 2.31. The van der Waals surface area contributed by atoms with Crippen LogP contribution in [0, 0.1) is 0 Å². The molecule has 0 saturated heterocycles. The minimum absolute atomic E-state index is 0.875. The predicted molar refractivity (Wildman–Crippen MR) is 87.9 cm³/mol. The van der Waals surface area contributed by atoms with E-state index in [-0.39, 0.29) is 0 Å². The Hall–Kier alpha value is -0.763. The Morgan fingerprint density at radius 2 is 1.47 bits per heavy atom. The minimum atomic E-state index is -0.950. The molecule has 19 heavy (non-hydrogen) atoms. The van der Waals surface area contributed by atoms with Gasteiger partial charge in [-0.1, -0.05) is 64.0 Å². The van der Waals surface area contributed by atoms with Crippen molar-refractivity contribution in [3.63, 3.8) is 0 Å². The topological polar surface area (TPSA) is 9.23 Å². The van der Waals surface area contributed by atoms with Gasteiger partial charge < -0.3 is 4.74 Å². The normalized spacial score (nSPS) is 11.6. The van der Waals surface area contributed by atoms with E-state index in [2.05, 4.69) is 52.0 Å². The van der Waals surface area contributed by atoms with Crippen molar-refractivity contribution in [2.45, 2.75) is 64.7 Å². The third-order valence-corrected chi connectivity index (χ3v) is 10.6. The van der Waals surface area contributed by atoms with Crippen LogP contribution in [-0.4, -0.2) is 14.7 Å². The zero-order valence-corrected chi connectivity index (χ0v) is 14.2. The maximum Gasteiger partial charge on any atom is 0.119 e. The first-order valence-electron chi connectivity index (χ1n) is 7.91. The van der Waals surface area contributed by atoms with Crippen LogP contribution in [0.2, 0.25) is 24.2 Å². The van der Waals surface area contributed by atoms with Gasteiger partial charge in [0.05, 0.1) is 14.7 Å². The van der Waals surface area contributed by atoms with Crippen molar-refractivity contribution in [2.24, 2.45) is 0 Å². The van der Waals surface area contributed by atoms with Crippen LogP contribution in [0.15, 0.2) is 24.3 Å². The molecule has 0 aromatic heterocycles. The Labute approximate surface area is 120 Å². The van der Waals surface area contributed by atoms with Gasteiger partial charge in [-0.05, 0) is 30.5 Å². The zero-order valence-electron chi connectivity index (χ0n) is 13.2. The third-order valence-electron chi connectivity index (χ3n) is 4.70. The molecule has 0 unspecified atom stereocenters. The highest BCUT2D eigenvalue weighted by Gasteiger charge is 2.25. The van der Waals surface area contributed by atoms with Crippen molar-refractivity contribution in [3.05, 3.63) is 29.8 Å². The molecule has 0 heterocycles. The first kappa shape index (κ1) is 16.3. The molecule has 1 nitrogen and oxygen atoms in total. The predicted octanol–water partition coefficient (Wildman–Crippen LogP) is 5.53. The maximum absolute atomic E-state index is 5.86. The largest absolute Gasteiger partial charge is 0.494 e. The lowest BCUT2D eigenvalue weighted by Crippen LogP contribution is -2.31. The molecule has 108 valence electrons. The van der Waals surface area contributed by atoms with Crippen LogP contribution in [0.25, 0.3) is 0 Å². The number of ether oxygens (including phenoxy) is 1. The lowest BCUT2D eigenvalue weighted by Gasteiger charge is -2.27. The second kappa shape index (κ2) is 8.42. The number of hydrogen-bond donors (Lipinski definition) is 0. The Morgan fingerprint density at radius 3 is 1.95 bits per heavy atom. The molecule has 0 bridgehead atoms. The molecule has 1 aromatic carbocycles. The molecular weight excluding hydrogens is 248 g/mol. The number of hydrogen-bond acceptors (Lipinski definition) is 1. The lowest BCUT2D eigenvalue weighted by molar-refractivity contribution is 0.316. The number of rotatable bonds is 9. The molecule has 0 saturated carbocycles. The molecule has 0 aliphatic rings. The SMILES string of the molecule is CCc1ccc(OCCC[Si](CC)(CC)CC)cc1. The molecule has 0 N–H and O–H groups in total. The fraction of sp³-hybridized carbons (Fsp3) is 0.647. The van der Waals surface area contributed by atoms with Crippen LogP contribution in [0.5, 0.6) is 5.75 Å². The van der Waals surface area contributed by atoms with Gasteiger partial charge in [0, 0.05) is 0 Å². The molecule has 2 heteroatoms. The highest BCUT2D eigenvalue weighted by atomic mass is 28.3. The van der Waals surface area contributed by atoms with E-state index < -0.39 is 8.07 Å². The Kier molecular flexibility index (Phi) is 7.22. The van der Waals surface area contributed by atoms with Crippen LogP contribution in [0.3, 0.4) is 0 Å². The monoisotopic (exact) mass is 278 g/mol. The van der Waals surface area contributed by atoms with Crippen molar-refractivity contribution < 1.29 is 4.74 Å². The summed E-state index contributed by atoms with van der Waals surface area (Å²) in [6, 6.07) is 14.2. The van der Waals surface area contributed by atoms with Crippen molar-refractivity contribution in [3.8, 4) is 5.75 Å². The summed E-state index contributed by atoms with van der Waals surface area (Å²) in [5.74, 6) is 1.02. The zero-order chi connectivity index (χ0) is 14.1. The van der Waals surface area contributed by atoms with Gasteiger partial charge in [-0.15, -0.1) is 0 Å². The van der Waals surface area contributed by atoms with E-state index in [4.69, 9.17) is 4.74 Å². The molecule has 0 aliphatic heterocycles. The van der Waals surface area contributed by atoms with Crippen LogP contribution < -0.4 is 4.74 Å². The van der Waals surface area contributed by atoms with E-state index in [0.29, 0.717) is 0 Å². The standard InChI is InChI=1S/C17H30OSi/c1-5-16-10-12-17(13-11-16)18-14-9-15-19(6-2,7-3)8-4/h10-13H,5-9,14-15H2,1-4H3. The summed E-state index contributed by atoms with van der Waals surface area (Å²) in [4.78, 5) is 0. The smallest absolute Gasteiger partial charge is 0.119 e. The molecule has 1 aromatic rings. The van der Waals surface area contributed by atoms with Gasteiger partial charge in [-0.3, -0.25) is 0 Å². The van der Waals surface area contributed by atoms with Crippen LogP contribution in [-0.2, 0) is 6.42 Å². The molecule has 0 radical (unpaired) electrons. The van der Waals surface area contributed by atoms with Gasteiger partial charge in [0.1, 0.15) is 5.75 Å². The number of aryl methyl sites for hydroxylation is 1. The van der Waals surface area contributed by atoms with Crippen molar-refractivity contribution in [1.29, 1.82) is 0 Å². The molecule has 0 atom stereocenters. The quantitative estimate of drug-likeness (QED) is 0.426. The van der Waals surface area contributed by atoms with E-state index in [1.165, 1.54) is 36.2 Å². The van der Waals surface area contributed by atoms with Gasteiger partial charge in [0.2, 0.25) is 0 Å². The van der Waals surface area contributed by atoms with Crippen molar-refractivity contribution >= 4 is 8.07 Å². The van der Waals surface area contributed by atoms with E-state index >= 15 is 0 Å². The summed E-state index contributed by atoms with van der Waals surface area (Å²) >= 11 is 0. The lowest BCUT2D eigenvalue weighted by atomic mass is 10.2. The van der Waals surface area contributed by atoms with Crippen LogP contribution >= 0.6 is 0 Å². The average Bonchev–Trinajstić information content (AvgIpc) is 2.49. The maximum atomic E-state index is 5.86. The van der Waals surface area contributed by atoms with Crippen LogP contribution in [0.1, 0.15) is 39.7 Å². The van der Waals surface area contributed by atoms with E-state index in [9.17, 15) is 0 Å². The summed E-state index contributed by atoms with van der Waals surface area (Å²) < 4.78 is 5.86. The van der Waals surface area contributed by atoms with Crippen molar-refractivity contribution in [2.75, 3.05) is 6.61 Å². The van der Waals surface area contributed by atoms with E-state index in [1.54, 1.807) is 0 Å². The van der Waals surface area contributed by atoms with Gasteiger partial charge in [0.25, 0.3) is 0 Å². The number of benzene rings is 1. The summed E-state index contributed by atoms with van der Waals surface area (Å²) in [7, 11) is -0.950. The fourth-order valence-corrected chi connectivity index (χ4v) is 6.19. The summed E-state index contributed by atoms with van der Waals surface area (Å²) in [5, 5.41) is 0. The highest BCUT2D eigenvalue weighted by Crippen LogP contribution is 2.26.